The maximum atomic E-state index is 12.5. The average Bonchev–Trinajstić information content (AvgIpc) is 2.94. The molecule has 1 aromatic carbocycles. The van der Waals surface area contributed by atoms with E-state index in [1.807, 2.05) is 11.0 Å². The van der Waals surface area contributed by atoms with Crippen LogP contribution in [0.4, 0.5) is 0 Å². The van der Waals surface area contributed by atoms with E-state index in [9.17, 15) is 4.79 Å². The molecule has 1 aromatic rings. The quantitative estimate of drug-likeness (QED) is 0.907. The van der Waals surface area contributed by atoms with Gasteiger partial charge in [0, 0.05) is 26.2 Å². The summed E-state index contributed by atoms with van der Waals surface area (Å²) < 4.78 is 0. The molecule has 0 bridgehead atoms. The predicted molar refractivity (Wildman–Crippen MR) is 81.8 cm³/mol. The summed E-state index contributed by atoms with van der Waals surface area (Å²) in [5.74, 6) is 0.805. The van der Waals surface area contributed by atoms with E-state index in [1.54, 1.807) is 0 Å². The fraction of sp³-hybridized carbons (Fsp3) is 0.588. The molecule has 1 N–H and O–H groups in total. The molecule has 1 saturated heterocycles. The molecular formula is C17H24N2O2. The number of nitrogens with zero attached hydrogens (tertiary/aromatic N) is 2. The molecule has 0 radical (unpaired) electrons. The molecule has 2 aliphatic heterocycles. The topological polar surface area (TPSA) is 43.8 Å². The summed E-state index contributed by atoms with van der Waals surface area (Å²) >= 11 is 0. The Kier molecular flexibility index (Phi) is 4.56. The van der Waals surface area contributed by atoms with Gasteiger partial charge in [-0.1, -0.05) is 24.3 Å². The van der Waals surface area contributed by atoms with Crippen molar-refractivity contribution in [3.63, 3.8) is 0 Å². The lowest BCUT2D eigenvalue weighted by Crippen LogP contribution is -2.42. The smallest absolute Gasteiger partial charge is 0.237 e. The van der Waals surface area contributed by atoms with Crippen molar-refractivity contribution in [2.24, 2.45) is 5.92 Å². The summed E-state index contributed by atoms with van der Waals surface area (Å²) in [6.45, 7) is 4.32. The zero-order chi connectivity index (χ0) is 14.7. The number of hydrogen-bond donors (Lipinski definition) is 1. The van der Waals surface area contributed by atoms with Gasteiger partial charge in [0.2, 0.25) is 5.91 Å². The van der Waals surface area contributed by atoms with E-state index in [-0.39, 0.29) is 12.5 Å². The second-order valence-electron chi connectivity index (χ2n) is 6.24. The summed E-state index contributed by atoms with van der Waals surface area (Å²) in [4.78, 5) is 16.7. The fourth-order valence-electron chi connectivity index (χ4n) is 3.47. The Balaban J connectivity index is 1.53. The highest BCUT2D eigenvalue weighted by atomic mass is 16.3. The molecule has 114 valence electrons. The first-order chi connectivity index (χ1) is 10.3. The molecule has 21 heavy (non-hydrogen) atoms. The summed E-state index contributed by atoms with van der Waals surface area (Å²) in [5.41, 5.74) is 2.67. The molecule has 1 unspecified atom stereocenters. The Morgan fingerprint density at radius 2 is 2.05 bits per heavy atom. The Morgan fingerprint density at radius 1 is 1.24 bits per heavy atom. The molecule has 0 aliphatic carbocycles. The van der Waals surface area contributed by atoms with Gasteiger partial charge in [-0.05, 0) is 42.9 Å². The van der Waals surface area contributed by atoms with Crippen LogP contribution < -0.4 is 0 Å². The molecule has 1 fully saturated rings. The number of aliphatic hydroxyl groups excluding tert-OH is 1. The van der Waals surface area contributed by atoms with Crippen LogP contribution in [-0.2, 0) is 17.8 Å². The van der Waals surface area contributed by atoms with Gasteiger partial charge in [-0.25, -0.2) is 0 Å². The molecular weight excluding hydrogens is 264 g/mol. The van der Waals surface area contributed by atoms with Crippen LogP contribution in [0.25, 0.3) is 0 Å². The zero-order valence-corrected chi connectivity index (χ0v) is 12.5. The monoisotopic (exact) mass is 288 g/mol. The number of hydrogen-bond acceptors (Lipinski definition) is 3. The van der Waals surface area contributed by atoms with Crippen LogP contribution in [-0.4, -0.2) is 53.6 Å². The first-order valence-corrected chi connectivity index (χ1v) is 7.94. The van der Waals surface area contributed by atoms with Crippen molar-refractivity contribution < 1.29 is 9.90 Å². The van der Waals surface area contributed by atoms with Gasteiger partial charge < -0.3 is 10.0 Å². The molecule has 1 atom stereocenters. The molecule has 2 heterocycles. The normalized spacial score (nSPS) is 22.3. The Morgan fingerprint density at radius 3 is 2.86 bits per heavy atom. The number of carbonyl (C=O) groups excluding carboxylic acids is 1. The van der Waals surface area contributed by atoms with Crippen molar-refractivity contribution in [2.75, 3.05) is 32.8 Å². The number of aliphatic hydroxyl groups is 1. The van der Waals surface area contributed by atoms with Crippen molar-refractivity contribution in [3.8, 4) is 0 Å². The Hall–Kier alpha value is -1.39. The lowest BCUT2D eigenvalue weighted by molar-refractivity contribution is -0.133. The number of amides is 1. The van der Waals surface area contributed by atoms with Gasteiger partial charge in [-0.2, -0.15) is 0 Å². The van der Waals surface area contributed by atoms with Crippen LogP contribution in [0.2, 0.25) is 0 Å². The van der Waals surface area contributed by atoms with E-state index < -0.39 is 0 Å². The van der Waals surface area contributed by atoms with Crippen LogP contribution in [0.5, 0.6) is 0 Å². The number of carbonyl (C=O) groups is 1. The number of rotatable bonds is 4. The summed E-state index contributed by atoms with van der Waals surface area (Å²) in [6, 6.07) is 8.41. The largest absolute Gasteiger partial charge is 0.396 e. The summed E-state index contributed by atoms with van der Waals surface area (Å²) in [6.07, 6.45) is 2.94. The highest BCUT2D eigenvalue weighted by molar-refractivity contribution is 5.78. The number of fused-ring (bicyclic) bond motifs is 1. The SMILES string of the molecule is O=C(CN1CCC(CCO)C1)N1CCc2ccccc2C1. The molecule has 0 spiro atoms. The van der Waals surface area contributed by atoms with Crippen LogP contribution in [0, 0.1) is 5.92 Å². The van der Waals surface area contributed by atoms with Crippen molar-refractivity contribution in [3.05, 3.63) is 35.4 Å². The van der Waals surface area contributed by atoms with Crippen molar-refractivity contribution in [2.45, 2.75) is 25.8 Å². The van der Waals surface area contributed by atoms with Gasteiger partial charge in [0.1, 0.15) is 0 Å². The van der Waals surface area contributed by atoms with E-state index in [2.05, 4.69) is 23.1 Å². The van der Waals surface area contributed by atoms with E-state index in [1.165, 1.54) is 11.1 Å². The van der Waals surface area contributed by atoms with Gasteiger partial charge in [0.05, 0.1) is 6.54 Å². The van der Waals surface area contributed by atoms with Gasteiger partial charge in [0.25, 0.3) is 0 Å². The second kappa shape index (κ2) is 6.58. The summed E-state index contributed by atoms with van der Waals surface area (Å²) in [5, 5.41) is 9.00. The fourth-order valence-corrected chi connectivity index (χ4v) is 3.47. The minimum atomic E-state index is 0.245. The van der Waals surface area contributed by atoms with E-state index in [0.717, 1.165) is 45.4 Å². The minimum absolute atomic E-state index is 0.245. The average molecular weight is 288 g/mol. The lowest BCUT2D eigenvalue weighted by atomic mass is 10.00. The van der Waals surface area contributed by atoms with Gasteiger partial charge in [-0.15, -0.1) is 0 Å². The highest BCUT2D eigenvalue weighted by Gasteiger charge is 2.26. The first kappa shape index (κ1) is 14.5. The molecule has 1 amide bonds. The maximum absolute atomic E-state index is 12.5. The first-order valence-electron chi connectivity index (χ1n) is 7.94. The van der Waals surface area contributed by atoms with Gasteiger partial charge in [0.15, 0.2) is 0 Å². The van der Waals surface area contributed by atoms with Crippen LogP contribution in [0.3, 0.4) is 0 Å². The molecule has 0 saturated carbocycles. The van der Waals surface area contributed by atoms with Crippen molar-refractivity contribution in [1.29, 1.82) is 0 Å². The zero-order valence-electron chi connectivity index (χ0n) is 12.5. The maximum Gasteiger partial charge on any atom is 0.237 e. The minimum Gasteiger partial charge on any atom is -0.396 e. The van der Waals surface area contributed by atoms with Gasteiger partial charge in [-0.3, -0.25) is 9.69 Å². The highest BCUT2D eigenvalue weighted by Crippen LogP contribution is 2.21. The van der Waals surface area contributed by atoms with E-state index in [4.69, 9.17) is 5.11 Å². The lowest BCUT2D eigenvalue weighted by Gasteiger charge is -2.30. The standard InChI is InChI=1S/C17H24N2O2/c20-10-7-14-5-8-18(11-14)13-17(21)19-9-6-15-3-1-2-4-16(15)12-19/h1-4,14,20H,5-13H2. The molecule has 0 aromatic heterocycles. The molecule has 3 rings (SSSR count). The van der Waals surface area contributed by atoms with E-state index >= 15 is 0 Å². The second-order valence-corrected chi connectivity index (χ2v) is 6.24. The molecule has 2 aliphatic rings. The van der Waals surface area contributed by atoms with Crippen LogP contribution >= 0.6 is 0 Å². The number of likely N-dealkylation sites (tertiary alicyclic amines) is 1. The third kappa shape index (κ3) is 3.44. The molecule has 4 nitrogen and oxygen atoms in total. The van der Waals surface area contributed by atoms with Crippen LogP contribution in [0.1, 0.15) is 24.0 Å². The van der Waals surface area contributed by atoms with Crippen molar-refractivity contribution in [1.82, 2.24) is 9.80 Å². The third-order valence-electron chi connectivity index (χ3n) is 4.75. The molecule has 4 heteroatoms. The van der Waals surface area contributed by atoms with Gasteiger partial charge >= 0.3 is 0 Å². The number of benzene rings is 1. The van der Waals surface area contributed by atoms with Crippen LogP contribution in [0.15, 0.2) is 24.3 Å². The Labute approximate surface area is 126 Å². The van der Waals surface area contributed by atoms with Crippen molar-refractivity contribution >= 4 is 5.91 Å². The summed E-state index contributed by atoms with van der Waals surface area (Å²) in [7, 11) is 0. The third-order valence-corrected chi connectivity index (χ3v) is 4.75. The van der Waals surface area contributed by atoms with E-state index in [0.29, 0.717) is 12.5 Å². The predicted octanol–water partition coefficient (Wildman–Crippen LogP) is 1.28. The Bertz CT molecular complexity index is 503.